The molecule has 10 atom stereocenters. The van der Waals surface area contributed by atoms with E-state index in [4.69, 9.17) is 47.4 Å². The number of aliphatic hydroxyl groups excluding tert-OH is 1. The zero-order valence-electron chi connectivity index (χ0n) is 28.2. The first-order valence-corrected chi connectivity index (χ1v) is 16.2. The van der Waals surface area contributed by atoms with Crippen molar-refractivity contribution in [1.29, 1.82) is 0 Å². The number of aliphatic hydroxyl groups is 1. The fourth-order valence-corrected chi connectivity index (χ4v) is 6.05. The molecule has 5 rings (SSSR count). The first-order valence-electron chi connectivity index (χ1n) is 16.2. The van der Waals surface area contributed by atoms with Crippen LogP contribution < -0.4 is 0 Å². The molecule has 4 unspecified atom stereocenters. The second-order valence-corrected chi connectivity index (χ2v) is 11.7. The summed E-state index contributed by atoms with van der Waals surface area (Å²) >= 11 is 0. The Hall–Kier alpha value is -3.27. The molecule has 2 fully saturated rings. The number of benzene rings is 3. The first kappa shape index (κ1) is 37.0. The molecule has 12 heteroatoms. The Labute approximate surface area is 287 Å². The summed E-state index contributed by atoms with van der Waals surface area (Å²) < 4.78 is 60.7. The molecule has 2 heterocycles. The van der Waals surface area contributed by atoms with Crippen LogP contribution >= 0.6 is 0 Å². The molecule has 0 saturated carbocycles. The third-order valence-corrected chi connectivity index (χ3v) is 8.58. The number of carbonyl (C=O) groups is 1. The van der Waals surface area contributed by atoms with Crippen molar-refractivity contribution < 1.29 is 57.3 Å². The average molecular weight is 683 g/mol. The molecule has 3 aromatic carbocycles. The maximum atomic E-state index is 12.7. The molecule has 2 aliphatic rings. The SMILES string of the molecule is COC(=O)C1O[C@@H](O[C@H]2C(OCc3ccccc3)C(OCc3ccccc3)[C@@H](OC)O[C@@H]2COCc2ccccc2)C(OC)[C@@H](OC)[C@H]1O. The highest BCUT2D eigenvalue weighted by atomic mass is 16.8. The maximum Gasteiger partial charge on any atom is 0.337 e. The summed E-state index contributed by atoms with van der Waals surface area (Å²) in [6.45, 7) is 0.855. The van der Waals surface area contributed by atoms with Crippen molar-refractivity contribution in [2.24, 2.45) is 0 Å². The van der Waals surface area contributed by atoms with Crippen molar-refractivity contribution >= 4 is 5.97 Å². The van der Waals surface area contributed by atoms with Crippen molar-refractivity contribution in [1.82, 2.24) is 0 Å². The Morgan fingerprint density at radius 2 is 1.14 bits per heavy atom. The van der Waals surface area contributed by atoms with E-state index < -0.39 is 67.4 Å². The van der Waals surface area contributed by atoms with Crippen LogP contribution in [0.4, 0.5) is 0 Å². The number of carbonyl (C=O) groups excluding carboxylic acids is 1. The molecule has 3 aromatic rings. The van der Waals surface area contributed by atoms with E-state index in [2.05, 4.69) is 0 Å². The molecule has 0 bridgehead atoms. The van der Waals surface area contributed by atoms with Gasteiger partial charge in [0.15, 0.2) is 18.7 Å². The molecule has 49 heavy (non-hydrogen) atoms. The Bertz CT molecular complexity index is 1380. The maximum absolute atomic E-state index is 12.7. The average Bonchev–Trinajstić information content (AvgIpc) is 3.15. The molecule has 266 valence electrons. The zero-order chi connectivity index (χ0) is 34.6. The van der Waals surface area contributed by atoms with E-state index in [0.717, 1.165) is 16.7 Å². The Morgan fingerprint density at radius 1 is 0.612 bits per heavy atom. The van der Waals surface area contributed by atoms with Gasteiger partial charge in [-0.25, -0.2) is 4.79 Å². The lowest BCUT2D eigenvalue weighted by Gasteiger charge is -2.48. The molecular formula is C37H46O12. The van der Waals surface area contributed by atoms with Crippen LogP contribution in [-0.2, 0) is 72.0 Å². The molecule has 0 spiro atoms. The summed E-state index contributed by atoms with van der Waals surface area (Å²) in [5, 5.41) is 11.0. The predicted molar refractivity (Wildman–Crippen MR) is 175 cm³/mol. The fraction of sp³-hybridized carbons (Fsp3) is 0.486. The first-order chi connectivity index (χ1) is 24.0. The van der Waals surface area contributed by atoms with E-state index >= 15 is 0 Å². The van der Waals surface area contributed by atoms with Gasteiger partial charge in [0.1, 0.15) is 42.7 Å². The number of rotatable bonds is 16. The summed E-state index contributed by atoms with van der Waals surface area (Å²) in [5.41, 5.74) is 2.85. The van der Waals surface area contributed by atoms with Crippen molar-refractivity contribution in [3.63, 3.8) is 0 Å². The van der Waals surface area contributed by atoms with Crippen molar-refractivity contribution in [3.05, 3.63) is 108 Å². The lowest BCUT2D eigenvalue weighted by molar-refractivity contribution is -0.366. The Morgan fingerprint density at radius 3 is 1.65 bits per heavy atom. The monoisotopic (exact) mass is 682 g/mol. The normalized spacial score (nSPS) is 30.1. The minimum Gasteiger partial charge on any atom is -0.467 e. The van der Waals surface area contributed by atoms with Gasteiger partial charge in [0.05, 0.1) is 33.5 Å². The van der Waals surface area contributed by atoms with Crippen LogP contribution in [0.3, 0.4) is 0 Å². The number of hydrogen-bond donors (Lipinski definition) is 1. The molecule has 1 N–H and O–H groups in total. The molecule has 0 amide bonds. The summed E-state index contributed by atoms with van der Waals surface area (Å²) in [4.78, 5) is 12.7. The predicted octanol–water partition coefficient (Wildman–Crippen LogP) is 3.42. The van der Waals surface area contributed by atoms with Crippen LogP contribution in [0.15, 0.2) is 91.0 Å². The van der Waals surface area contributed by atoms with Crippen LogP contribution in [0, 0.1) is 0 Å². The fourth-order valence-electron chi connectivity index (χ4n) is 6.05. The van der Waals surface area contributed by atoms with Crippen LogP contribution in [0.25, 0.3) is 0 Å². The van der Waals surface area contributed by atoms with Crippen LogP contribution in [0.1, 0.15) is 16.7 Å². The van der Waals surface area contributed by atoms with Crippen LogP contribution in [-0.4, -0.2) is 108 Å². The van der Waals surface area contributed by atoms with E-state index in [1.807, 2.05) is 91.0 Å². The second-order valence-electron chi connectivity index (χ2n) is 11.7. The smallest absolute Gasteiger partial charge is 0.337 e. The van der Waals surface area contributed by atoms with Gasteiger partial charge >= 0.3 is 5.97 Å². The molecule has 0 radical (unpaired) electrons. The number of esters is 1. The Kier molecular flexibility index (Phi) is 14.1. The third-order valence-electron chi connectivity index (χ3n) is 8.58. The molecular weight excluding hydrogens is 636 g/mol. The second kappa shape index (κ2) is 18.6. The highest BCUT2D eigenvalue weighted by Crippen LogP contribution is 2.35. The van der Waals surface area contributed by atoms with Gasteiger partial charge in [-0.3, -0.25) is 0 Å². The Balaban J connectivity index is 1.48. The lowest BCUT2D eigenvalue weighted by Crippen LogP contribution is -2.66. The molecule has 2 saturated heterocycles. The highest BCUT2D eigenvalue weighted by Gasteiger charge is 2.54. The van der Waals surface area contributed by atoms with E-state index in [1.165, 1.54) is 28.4 Å². The number of ether oxygens (including phenoxy) is 10. The summed E-state index contributed by atoms with van der Waals surface area (Å²) in [5.74, 6) is -0.791. The summed E-state index contributed by atoms with van der Waals surface area (Å²) in [7, 11) is 5.59. The molecule has 12 nitrogen and oxygen atoms in total. The number of methoxy groups -OCH3 is 4. The van der Waals surface area contributed by atoms with Crippen molar-refractivity contribution in [3.8, 4) is 0 Å². The van der Waals surface area contributed by atoms with Gasteiger partial charge in [0.2, 0.25) is 0 Å². The highest BCUT2D eigenvalue weighted by molar-refractivity contribution is 5.75. The van der Waals surface area contributed by atoms with Gasteiger partial charge in [-0.15, -0.1) is 0 Å². The molecule has 0 aliphatic carbocycles. The topological polar surface area (TPSA) is 130 Å². The van der Waals surface area contributed by atoms with Crippen LogP contribution in [0.2, 0.25) is 0 Å². The van der Waals surface area contributed by atoms with E-state index in [0.29, 0.717) is 6.61 Å². The largest absolute Gasteiger partial charge is 0.467 e. The third kappa shape index (κ3) is 9.50. The van der Waals surface area contributed by atoms with Gasteiger partial charge in [0.25, 0.3) is 0 Å². The van der Waals surface area contributed by atoms with Gasteiger partial charge in [-0.2, -0.15) is 0 Å². The van der Waals surface area contributed by atoms with Gasteiger partial charge in [-0.05, 0) is 16.7 Å². The van der Waals surface area contributed by atoms with E-state index in [9.17, 15) is 9.90 Å². The summed E-state index contributed by atoms with van der Waals surface area (Å²) in [6.07, 6.45) is -10.1. The van der Waals surface area contributed by atoms with Crippen molar-refractivity contribution in [2.75, 3.05) is 35.0 Å². The van der Waals surface area contributed by atoms with E-state index in [1.54, 1.807) is 0 Å². The van der Waals surface area contributed by atoms with Crippen LogP contribution in [0.5, 0.6) is 0 Å². The molecule has 0 aromatic heterocycles. The lowest BCUT2D eigenvalue weighted by atomic mass is 9.96. The quantitative estimate of drug-likeness (QED) is 0.222. The van der Waals surface area contributed by atoms with Gasteiger partial charge in [-0.1, -0.05) is 91.0 Å². The van der Waals surface area contributed by atoms with Gasteiger partial charge < -0.3 is 52.5 Å². The minimum atomic E-state index is -1.41. The van der Waals surface area contributed by atoms with E-state index in [-0.39, 0.29) is 19.8 Å². The summed E-state index contributed by atoms with van der Waals surface area (Å²) in [6, 6.07) is 29.2. The minimum absolute atomic E-state index is 0.0805. The van der Waals surface area contributed by atoms with Gasteiger partial charge in [0, 0.05) is 21.3 Å². The molecule has 2 aliphatic heterocycles. The standard InChI is InChI=1S/C37H46O12/c1-40-30-28(38)31(35(39)42-3)49-37(33(30)41-2)48-29-27(23-44-20-24-14-8-5-9-15-24)47-36(43-4)34(46-22-26-18-12-7-13-19-26)32(29)45-21-25-16-10-6-11-17-25/h5-19,27-34,36-38H,20-23H2,1-4H3/t27-,28-,29-,30+,31?,32?,33?,34?,36+,37-/m1/s1. The zero-order valence-corrected chi connectivity index (χ0v) is 28.2. The number of hydrogen-bond acceptors (Lipinski definition) is 12. The van der Waals surface area contributed by atoms with Crippen molar-refractivity contribution in [2.45, 2.75) is 81.2 Å².